The summed E-state index contributed by atoms with van der Waals surface area (Å²) in [6.45, 7) is 2.40. The lowest BCUT2D eigenvalue weighted by atomic mass is 10.4. The summed E-state index contributed by atoms with van der Waals surface area (Å²) < 4.78 is 35.6. The molecule has 0 fully saturated rings. The highest BCUT2D eigenvalue weighted by atomic mass is 127. The van der Waals surface area contributed by atoms with Gasteiger partial charge < -0.3 is 10.6 Å². The molecular formula is C10H19F3IN3. The summed E-state index contributed by atoms with van der Waals surface area (Å²) in [5, 5.41) is 5.51. The normalized spacial score (nSPS) is 12.4. The second kappa shape index (κ2) is 10.7. The van der Waals surface area contributed by atoms with E-state index >= 15 is 0 Å². The highest BCUT2D eigenvalue weighted by Crippen LogP contribution is 2.17. The van der Waals surface area contributed by atoms with E-state index in [1.165, 1.54) is 7.05 Å². The van der Waals surface area contributed by atoms with Gasteiger partial charge in [0, 0.05) is 20.1 Å². The van der Waals surface area contributed by atoms with E-state index in [4.69, 9.17) is 0 Å². The lowest BCUT2D eigenvalue weighted by Gasteiger charge is -2.12. The molecule has 0 aromatic carbocycles. The number of nitrogens with one attached hydrogen (secondary N) is 2. The Hall–Kier alpha value is -0.470. The molecule has 0 aliphatic heterocycles. The third-order valence-electron chi connectivity index (χ3n) is 1.76. The van der Waals surface area contributed by atoms with Crippen LogP contribution in [0, 0.1) is 0 Å². The van der Waals surface area contributed by atoms with Gasteiger partial charge in [-0.2, -0.15) is 13.2 Å². The van der Waals surface area contributed by atoms with Crippen molar-refractivity contribution < 1.29 is 13.2 Å². The zero-order valence-corrected chi connectivity index (χ0v) is 12.3. The van der Waals surface area contributed by atoms with Crippen LogP contribution in [0.4, 0.5) is 13.2 Å². The number of alkyl halides is 3. The fourth-order valence-electron chi connectivity index (χ4n) is 0.984. The number of hydrogen-bond donors (Lipinski definition) is 2. The fraction of sp³-hybridized carbons (Fsp3) is 0.700. The summed E-state index contributed by atoms with van der Waals surface area (Å²) in [7, 11) is 1.53. The first-order valence-electron chi connectivity index (χ1n) is 5.12. The molecule has 17 heavy (non-hydrogen) atoms. The molecular weight excluding hydrogens is 346 g/mol. The summed E-state index contributed by atoms with van der Waals surface area (Å²) >= 11 is 0. The van der Waals surface area contributed by atoms with Gasteiger partial charge in [0.15, 0.2) is 5.96 Å². The van der Waals surface area contributed by atoms with Crippen LogP contribution in [0.15, 0.2) is 17.1 Å². The third kappa shape index (κ3) is 13.5. The monoisotopic (exact) mass is 365 g/mol. The first-order valence-corrected chi connectivity index (χ1v) is 5.12. The number of rotatable bonds is 5. The molecule has 0 rings (SSSR count). The molecule has 0 aromatic rings. The van der Waals surface area contributed by atoms with Crippen molar-refractivity contribution in [2.45, 2.75) is 25.9 Å². The smallest absolute Gasteiger partial charge is 0.356 e. The van der Waals surface area contributed by atoms with Gasteiger partial charge in [0.1, 0.15) is 0 Å². The number of allylic oxidation sites excluding steroid dienone is 1. The van der Waals surface area contributed by atoms with E-state index in [1.54, 1.807) is 0 Å². The van der Waals surface area contributed by atoms with E-state index in [0.717, 1.165) is 6.42 Å². The molecule has 0 radical (unpaired) electrons. The molecule has 7 heteroatoms. The molecule has 0 atom stereocenters. The minimum absolute atomic E-state index is 0. The largest absolute Gasteiger partial charge is 0.390 e. The van der Waals surface area contributed by atoms with Crippen LogP contribution < -0.4 is 10.6 Å². The van der Waals surface area contributed by atoms with E-state index in [-0.39, 0.29) is 30.5 Å². The molecule has 3 nitrogen and oxygen atoms in total. The average Bonchev–Trinajstić information content (AvgIpc) is 2.20. The molecule has 0 amide bonds. The van der Waals surface area contributed by atoms with Crippen LogP contribution >= 0.6 is 24.0 Å². The van der Waals surface area contributed by atoms with Crippen LogP contribution in [0.5, 0.6) is 0 Å². The fourth-order valence-corrected chi connectivity index (χ4v) is 0.984. The molecule has 102 valence electrons. The lowest BCUT2D eigenvalue weighted by molar-refractivity contribution is -0.132. The summed E-state index contributed by atoms with van der Waals surface area (Å²) in [6.07, 6.45) is -0.284. The Morgan fingerprint density at radius 2 is 1.82 bits per heavy atom. The first kappa shape index (κ1) is 18.9. The van der Waals surface area contributed by atoms with E-state index in [9.17, 15) is 13.2 Å². The van der Waals surface area contributed by atoms with Crippen LogP contribution in [0.1, 0.15) is 19.8 Å². The van der Waals surface area contributed by atoms with Crippen LogP contribution in [0.2, 0.25) is 0 Å². The van der Waals surface area contributed by atoms with Crippen molar-refractivity contribution in [1.82, 2.24) is 10.6 Å². The van der Waals surface area contributed by atoms with Gasteiger partial charge in [-0.15, -0.1) is 24.0 Å². The predicted octanol–water partition coefficient (Wildman–Crippen LogP) is 2.69. The highest BCUT2D eigenvalue weighted by molar-refractivity contribution is 14.0. The molecule has 0 unspecified atom stereocenters. The number of guanidine groups is 1. The molecule has 0 aliphatic rings. The Morgan fingerprint density at radius 1 is 1.24 bits per heavy atom. The van der Waals surface area contributed by atoms with Crippen molar-refractivity contribution in [1.29, 1.82) is 0 Å². The molecule has 2 N–H and O–H groups in total. The summed E-state index contributed by atoms with van der Waals surface area (Å²) in [6, 6.07) is 0. The lowest BCUT2D eigenvalue weighted by Crippen LogP contribution is -2.39. The Bertz CT molecular complexity index is 239. The molecule has 0 bridgehead atoms. The maximum atomic E-state index is 11.9. The Morgan fingerprint density at radius 3 is 2.29 bits per heavy atom. The van der Waals surface area contributed by atoms with E-state index < -0.39 is 12.6 Å². The minimum atomic E-state index is -4.13. The van der Waals surface area contributed by atoms with E-state index in [1.807, 2.05) is 19.1 Å². The SMILES string of the molecule is C/C=C/CCNC(=NC)NCCC(F)(F)F.I. The first-order chi connectivity index (χ1) is 7.49. The zero-order valence-electron chi connectivity index (χ0n) is 9.97. The Balaban J connectivity index is 0. The van der Waals surface area contributed by atoms with Gasteiger partial charge >= 0.3 is 6.18 Å². The second-order valence-electron chi connectivity index (χ2n) is 3.15. The van der Waals surface area contributed by atoms with Crippen molar-refractivity contribution in [2.24, 2.45) is 4.99 Å². The van der Waals surface area contributed by atoms with Gasteiger partial charge in [0.25, 0.3) is 0 Å². The molecule has 0 saturated carbocycles. The highest BCUT2D eigenvalue weighted by Gasteiger charge is 2.26. The molecule has 0 aliphatic carbocycles. The summed E-state index contributed by atoms with van der Waals surface area (Å²) in [4.78, 5) is 3.81. The van der Waals surface area contributed by atoms with Crippen molar-refractivity contribution in [3.05, 3.63) is 12.2 Å². The van der Waals surface area contributed by atoms with Crippen LogP contribution in [0.3, 0.4) is 0 Å². The Labute approximate surface area is 117 Å². The van der Waals surface area contributed by atoms with Crippen molar-refractivity contribution in [3.8, 4) is 0 Å². The maximum Gasteiger partial charge on any atom is 0.390 e. The minimum Gasteiger partial charge on any atom is -0.356 e. The van der Waals surface area contributed by atoms with Gasteiger partial charge in [0.2, 0.25) is 0 Å². The summed E-state index contributed by atoms with van der Waals surface area (Å²) in [5.41, 5.74) is 0. The Kier molecular flexibility index (Phi) is 11.9. The molecule has 0 heterocycles. The van der Waals surface area contributed by atoms with Gasteiger partial charge in [0.05, 0.1) is 6.42 Å². The average molecular weight is 365 g/mol. The maximum absolute atomic E-state index is 11.9. The topological polar surface area (TPSA) is 36.4 Å². The van der Waals surface area contributed by atoms with Crippen molar-refractivity contribution >= 4 is 29.9 Å². The van der Waals surface area contributed by atoms with Crippen LogP contribution in [0.25, 0.3) is 0 Å². The molecule has 0 spiro atoms. The van der Waals surface area contributed by atoms with Crippen molar-refractivity contribution in [3.63, 3.8) is 0 Å². The van der Waals surface area contributed by atoms with Crippen LogP contribution in [-0.4, -0.2) is 32.3 Å². The van der Waals surface area contributed by atoms with Crippen molar-refractivity contribution in [2.75, 3.05) is 20.1 Å². The van der Waals surface area contributed by atoms with Crippen LogP contribution in [-0.2, 0) is 0 Å². The third-order valence-corrected chi connectivity index (χ3v) is 1.76. The van der Waals surface area contributed by atoms with E-state index in [2.05, 4.69) is 15.6 Å². The second-order valence-corrected chi connectivity index (χ2v) is 3.15. The van der Waals surface area contributed by atoms with Gasteiger partial charge in [-0.1, -0.05) is 12.2 Å². The summed E-state index contributed by atoms with van der Waals surface area (Å²) in [5.74, 6) is 0.397. The quantitative estimate of drug-likeness (QED) is 0.258. The standard InChI is InChI=1S/C10H18F3N3.HI/c1-3-4-5-7-15-9(14-2)16-8-6-10(11,12)13;/h3-4H,5-8H2,1-2H3,(H2,14,15,16);1H/b4-3+;. The number of hydrogen-bond acceptors (Lipinski definition) is 1. The zero-order chi connectivity index (χ0) is 12.4. The van der Waals surface area contributed by atoms with Gasteiger partial charge in [-0.25, -0.2) is 0 Å². The number of aliphatic imine (C=N–C) groups is 1. The van der Waals surface area contributed by atoms with Gasteiger partial charge in [-0.05, 0) is 13.3 Å². The number of nitrogens with zero attached hydrogens (tertiary/aromatic N) is 1. The van der Waals surface area contributed by atoms with Gasteiger partial charge in [-0.3, -0.25) is 4.99 Å². The molecule has 0 aromatic heterocycles. The predicted molar refractivity (Wildman–Crippen MR) is 74.9 cm³/mol. The van der Waals surface area contributed by atoms with E-state index in [0.29, 0.717) is 12.5 Å². The molecule has 0 saturated heterocycles. The number of halogens is 4.